The van der Waals surface area contributed by atoms with Gasteiger partial charge < -0.3 is 4.12 Å². The zero-order valence-electron chi connectivity index (χ0n) is 6.96. The van der Waals surface area contributed by atoms with E-state index in [9.17, 15) is 13.2 Å². The van der Waals surface area contributed by atoms with Crippen molar-refractivity contribution in [2.24, 2.45) is 0 Å². The van der Waals surface area contributed by atoms with Crippen LogP contribution in [0.4, 0.5) is 13.2 Å². The molecule has 1 nitrogen and oxygen atoms in total. The van der Waals surface area contributed by atoms with Gasteiger partial charge in [-0.15, -0.1) is 0 Å². The second-order valence-corrected chi connectivity index (χ2v) is 7.90. The predicted octanol–water partition coefficient (Wildman–Crippen LogP) is 0.518. The topological polar surface area (TPSA) is 9.23 Å². The van der Waals surface area contributed by atoms with E-state index < -0.39 is 27.4 Å². The third-order valence-electron chi connectivity index (χ3n) is 1.21. The molecule has 0 aromatic heterocycles. The minimum absolute atomic E-state index is 0.556. The maximum absolute atomic E-state index is 11.9. The van der Waals surface area contributed by atoms with Crippen molar-refractivity contribution in [1.29, 1.82) is 0 Å². The lowest BCUT2D eigenvalue weighted by Crippen LogP contribution is -2.23. The van der Waals surface area contributed by atoms with Gasteiger partial charge in [0, 0.05) is 6.42 Å². The monoisotopic (exact) mass is 202 g/mol. The molecule has 0 spiro atoms. The van der Waals surface area contributed by atoms with E-state index in [0.29, 0.717) is 10.5 Å². The van der Waals surface area contributed by atoms with Gasteiger partial charge in [0.05, 0.1) is 0 Å². The Balaban J connectivity index is 3.91. The van der Waals surface area contributed by atoms with Crippen molar-refractivity contribution in [3.8, 4) is 0 Å². The molecule has 6 heteroatoms. The first-order valence-corrected chi connectivity index (χ1v) is 5.43. The molecule has 0 saturated heterocycles. The zero-order valence-corrected chi connectivity index (χ0v) is 10.4. The number of hydrogen-bond donors (Lipinski definition) is 0. The van der Waals surface area contributed by atoms with Crippen LogP contribution in [0, 0.1) is 0 Å². The summed E-state index contributed by atoms with van der Waals surface area (Å²) < 4.78 is 40.5. The van der Waals surface area contributed by atoms with Gasteiger partial charge >= 0.3 is 6.18 Å². The third-order valence-corrected chi connectivity index (χ3v) is 3.40. The second kappa shape index (κ2) is 3.73. The normalized spacial score (nSPS) is 15.0. The van der Waals surface area contributed by atoms with Gasteiger partial charge in [-0.1, -0.05) is 13.8 Å². The third kappa shape index (κ3) is 6.58. The lowest BCUT2D eigenvalue weighted by atomic mass is 10.1. The Labute approximate surface area is 69.8 Å². The molecule has 0 radical (unpaired) electrons. The molecule has 0 N–H and O–H groups in total. The zero-order chi connectivity index (χ0) is 9.12. The van der Waals surface area contributed by atoms with E-state index in [1.165, 1.54) is 0 Å². The van der Waals surface area contributed by atoms with Crippen LogP contribution in [0.3, 0.4) is 0 Å². The Morgan fingerprint density at radius 3 is 2.09 bits per heavy atom. The Morgan fingerprint density at radius 1 is 1.36 bits per heavy atom. The molecule has 0 aliphatic heterocycles. The van der Waals surface area contributed by atoms with Crippen molar-refractivity contribution in [3.05, 3.63) is 0 Å². The molecule has 0 bridgehead atoms. The van der Waals surface area contributed by atoms with Crippen molar-refractivity contribution in [2.75, 3.05) is 0 Å². The highest BCUT2D eigenvalue weighted by Crippen LogP contribution is 2.37. The smallest absolute Gasteiger partial charge is 0.389 e. The molecule has 68 valence electrons. The molecule has 0 unspecified atom stereocenters. The second-order valence-electron chi connectivity index (χ2n) is 3.39. The standard InChI is InChI=1S/C5H13F3OSi2/c1-4(2,11-9-10)3-5(6,7)8/h3,11H2,1-2,10H3. The van der Waals surface area contributed by atoms with E-state index in [1.807, 2.05) is 0 Å². The molecule has 0 aromatic rings. The van der Waals surface area contributed by atoms with Crippen LogP contribution < -0.4 is 0 Å². The van der Waals surface area contributed by atoms with E-state index in [0.717, 1.165) is 0 Å². The average molecular weight is 202 g/mol. The van der Waals surface area contributed by atoms with E-state index in [2.05, 4.69) is 0 Å². The van der Waals surface area contributed by atoms with Crippen LogP contribution in [0.2, 0.25) is 5.04 Å². The lowest BCUT2D eigenvalue weighted by Gasteiger charge is -2.24. The Bertz CT molecular complexity index is 123. The molecule has 0 rings (SSSR count). The molecule has 0 saturated carbocycles. The fourth-order valence-electron chi connectivity index (χ4n) is 0.984. The van der Waals surface area contributed by atoms with Crippen molar-refractivity contribution in [2.45, 2.75) is 31.5 Å². The van der Waals surface area contributed by atoms with Gasteiger partial charge in [0.2, 0.25) is 0 Å². The van der Waals surface area contributed by atoms with Gasteiger partial charge in [-0.05, 0) is 5.04 Å². The van der Waals surface area contributed by atoms with E-state index >= 15 is 0 Å². The maximum Gasteiger partial charge on any atom is 0.389 e. The molecular formula is C5H13F3OSi2. The Hall–Kier alpha value is 0.184. The molecule has 0 aromatic carbocycles. The highest BCUT2D eigenvalue weighted by molar-refractivity contribution is 6.38. The number of halogens is 3. The summed E-state index contributed by atoms with van der Waals surface area (Å²) in [6, 6.07) is 0. The van der Waals surface area contributed by atoms with Gasteiger partial charge in [0.25, 0.3) is 0 Å². The summed E-state index contributed by atoms with van der Waals surface area (Å²) in [5.41, 5.74) is 0. The molecule has 0 aliphatic carbocycles. The minimum atomic E-state index is -4.05. The van der Waals surface area contributed by atoms with Gasteiger partial charge in [-0.2, -0.15) is 13.2 Å². The summed E-state index contributed by atoms with van der Waals surface area (Å²) in [5, 5.41) is -0.639. The molecular weight excluding hydrogens is 189 g/mol. The van der Waals surface area contributed by atoms with Crippen LogP contribution >= 0.6 is 0 Å². The SMILES string of the molecule is CC(C)(CC(F)(F)F)[SiH2]O[SiH3]. The van der Waals surface area contributed by atoms with Crippen molar-refractivity contribution < 1.29 is 17.3 Å². The quantitative estimate of drug-likeness (QED) is 0.606. The highest BCUT2D eigenvalue weighted by atomic mass is 28.3. The van der Waals surface area contributed by atoms with E-state index in [4.69, 9.17) is 4.12 Å². The molecule has 0 amide bonds. The molecule has 11 heavy (non-hydrogen) atoms. The summed E-state index contributed by atoms with van der Waals surface area (Å²) in [4.78, 5) is 0. The van der Waals surface area contributed by atoms with Crippen LogP contribution in [-0.2, 0) is 4.12 Å². The van der Waals surface area contributed by atoms with E-state index in [1.54, 1.807) is 13.8 Å². The Morgan fingerprint density at radius 2 is 1.82 bits per heavy atom. The van der Waals surface area contributed by atoms with Gasteiger partial charge in [-0.25, -0.2) is 0 Å². The van der Waals surface area contributed by atoms with Crippen LogP contribution in [0.25, 0.3) is 0 Å². The Kier molecular flexibility index (Phi) is 3.79. The summed E-state index contributed by atoms with van der Waals surface area (Å²) in [6.07, 6.45) is -4.76. The summed E-state index contributed by atoms with van der Waals surface area (Å²) in [6.45, 7) is 3.23. The molecule has 0 atom stereocenters. The largest absolute Gasteiger partial charge is 0.468 e. The van der Waals surface area contributed by atoms with Crippen molar-refractivity contribution >= 4 is 20.2 Å². The fourth-order valence-corrected chi connectivity index (χ4v) is 4.50. The van der Waals surface area contributed by atoms with Gasteiger partial charge in [-0.3, -0.25) is 0 Å². The van der Waals surface area contributed by atoms with Crippen LogP contribution in [0.5, 0.6) is 0 Å². The predicted molar refractivity (Wildman–Crippen MR) is 44.3 cm³/mol. The minimum Gasteiger partial charge on any atom is -0.468 e. The van der Waals surface area contributed by atoms with Crippen molar-refractivity contribution in [3.63, 3.8) is 0 Å². The summed E-state index contributed by atoms with van der Waals surface area (Å²) >= 11 is 0. The first kappa shape index (κ1) is 11.2. The number of rotatable bonds is 3. The van der Waals surface area contributed by atoms with Crippen LogP contribution in [0.1, 0.15) is 20.3 Å². The van der Waals surface area contributed by atoms with Gasteiger partial charge in [0.15, 0.2) is 9.76 Å². The highest BCUT2D eigenvalue weighted by Gasteiger charge is 2.36. The van der Waals surface area contributed by atoms with Crippen molar-refractivity contribution in [1.82, 2.24) is 0 Å². The molecule has 0 heterocycles. The molecule has 0 fully saturated rings. The molecule has 0 aliphatic rings. The summed E-state index contributed by atoms with van der Waals surface area (Å²) in [5.74, 6) is 0. The lowest BCUT2D eigenvalue weighted by molar-refractivity contribution is -0.140. The van der Waals surface area contributed by atoms with Gasteiger partial charge in [0.1, 0.15) is 10.5 Å². The summed E-state index contributed by atoms with van der Waals surface area (Å²) in [7, 11) is -0.433. The van der Waals surface area contributed by atoms with E-state index in [-0.39, 0.29) is 0 Å². The van der Waals surface area contributed by atoms with Crippen LogP contribution in [0.15, 0.2) is 0 Å². The maximum atomic E-state index is 11.9. The fraction of sp³-hybridized carbons (Fsp3) is 1.00. The number of hydrogen-bond acceptors (Lipinski definition) is 1. The first-order valence-electron chi connectivity index (χ1n) is 3.32. The average Bonchev–Trinajstić information content (AvgIpc) is 1.55. The van der Waals surface area contributed by atoms with Crippen LogP contribution in [-0.4, -0.2) is 26.4 Å². The number of alkyl halides is 3. The first-order chi connectivity index (χ1) is 4.77.